The average molecular weight is 282 g/mol. The van der Waals surface area contributed by atoms with Crippen LogP contribution in [0.3, 0.4) is 0 Å². The number of hydrogen-bond acceptors (Lipinski definition) is 3. The van der Waals surface area contributed by atoms with Gasteiger partial charge in [-0.3, -0.25) is 0 Å². The lowest BCUT2D eigenvalue weighted by molar-refractivity contribution is -0.157. The minimum atomic E-state index is -0.142. The summed E-state index contributed by atoms with van der Waals surface area (Å²) in [7, 11) is 0. The SMILES string of the molecule is CC1(C)C[C@H](OCCO)[C@]23CC[C@@H](O)[C@@](C)(CC[C@@H]12)C3. The third-order valence-electron chi connectivity index (χ3n) is 6.83. The van der Waals surface area contributed by atoms with Crippen LogP contribution < -0.4 is 0 Å². The Morgan fingerprint density at radius 1 is 1.15 bits per heavy atom. The van der Waals surface area contributed by atoms with Gasteiger partial charge in [0.2, 0.25) is 0 Å². The van der Waals surface area contributed by atoms with E-state index in [1.54, 1.807) is 0 Å². The normalized spacial score (nSPS) is 50.0. The van der Waals surface area contributed by atoms with Gasteiger partial charge in [0.1, 0.15) is 0 Å². The van der Waals surface area contributed by atoms with E-state index < -0.39 is 0 Å². The average Bonchev–Trinajstić information content (AvgIpc) is 2.59. The molecule has 0 amide bonds. The zero-order chi connectivity index (χ0) is 14.6. The zero-order valence-electron chi connectivity index (χ0n) is 13.2. The highest BCUT2D eigenvalue weighted by molar-refractivity contribution is 5.14. The molecule has 0 aromatic rings. The van der Waals surface area contributed by atoms with E-state index in [1.165, 1.54) is 6.42 Å². The molecule has 0 unspecified atom stereocenters. The first-order valence-corrected chi connectivity index (χ1v) is 8.25. The molecule has 0 aliphatic heterocycles. The van der Waals surface area contributed by atoms with E-state index in [9.17, 15) is 5.11 Å². The summed E-state index contributed by atoms with van der Waals surface area (Å²) in [6.07, 6.45) is 6.71. The molecule has 2 N–H and O–H groups in total. The van der Waals surface area contributed by atoms with Crippen molar-refractivity contribution >= 4 is 0 Å². The zero-order valence-corrected chi connectivity index (χ0v) is 13.2. The predicted molar refractivity (Wildman–Crippen MR) is 78.3 cm³/mol. The van der Waals surface area contributed by atoms with Crippen LogP contribution >= 0.6 is 0 Å². The minimum Gasteiger partial charge on any atom is -0.394 e. The lowest BCUT2D eigenvalue weighted by Gasteiger charge is -2.58. The van der Waals surface area contributed by atoms with Gasteiger partial charge in [-0.2, -0.15) is 0 Å². The number of aliphatic hydroxyl groups is 2. The van der Waals surface area contributed by atoms with Crippen molar-refractivity contribution in [2.75, 3.05) is 13.2 Å². The van der Waals surface area contributed by atoms with Gasteiger partial charge in [-0.1, -0.05) is 20.8 Å². The maximum atomic E-state index is 10.4. The van der Waals surface area contributed by atoms with Crippen LogP contribution in [-0.2, 0) is 4.74 Å². The molecule has 3 aliphatic carbocycles. The lowest BCUT2D eigenvalue weighted by Crippen LogP contribution is -2.54. The van der Waals surface area contributed by atoms with Crippen molar-refractivity contribution in [2.45, 2.75) is 71.5 Å². The predicted octanol–water partition coefficient (Wildman–Crippen LogP) is 2.74. The molecular formula is C17H30O3. The highest BCUT2D eigenvalue weighted by Crippen LogP contribution is 2.69. The summed E-state index contributed by atoms with van der Waals surface area (Å²) in [6, 6.07) is 0. The molecule has 0 aromatic carbocycles. The van der Waals surface area contributed by atoms with Gasteiger partial charge >= 0.3 is 0 Å². The Bertz CT molecular complexity index is 380. The van der Waals surface area contributed by atoms with Gasteiger partial charge in [0, 0.05) is 5.41 Å². The van der Waals surface area contributed by atoms with Crippen molar-refractivity contribution in [1.82, 2.24) is 0 Å². The Balaban J connectivity index is 1.92. The van der Waals surface area contributed by atoms with Crippen molar-refractivity contribution in [2.24, 2.45) is 22.2 Å². The molecule has 0 radical (unpaired) electrons. The van der Waals surface area contributed by atoms with Crippen LogP contribution in [-0.4, -0.2) is 35.6 Å². The molecule has 3 saturated carbocycles. The molecule has 5 atom stereocenters. The molecule has 3 fully saturated rings. The number of rotatable bonds is 3. The van der Waals surface area contributed by atoms with Crippen molar-refractivity contribution in [3.8, 4) is 0 Å². The van der Waals surface area contributed by atoms with E-state index in [-0.39, 0.29) is 29.6 Å². The molecule has 0 aromatic heterocycles. The Kier molecular flexibility index (Phi) is 3.47. The second kappa shape index (κ2) is 4.69. The van der Waals surface area contributed by atoms with E-state index in [4.69, 9.17) is 9.84 Å². The third kappa shape index (κ3) is 1.97. The molecule has 3 rings (SSSR count). The third-order valence-corrected chi connectivity index (χ3v) is 6.83. The summed E-state index contributed by atoms with van der Waals surface area (Å²) in [6.45, 7) is 7.60. The van der Waals surface area contributed by atoms with E-state index >= 15 is 0 Å². The molecular weight excluding hydrogens is 252 g/mol. The van der Waals surface area contributed by atoms with Crippen molar-refractivity contribution in [3.63, 3.8) is 0 Å². The number of ether oxygens (including phenoxy) is 1. The maximum Gasteiger partial charge on any atom is 0.0701 e. The largest absolute Gasteiger partial charge is 0.394 e. The smallest absolute Gasteiger partial charge is 0.0701 e. The fourth-order valence-electron chi connectivity index (χ4n) is 5.94. The Morgan fingerprint density at radius 2 is 1.90 bits per heavy atom. The quantitative estimate of drug-likeness (QED) is 0.837. The second-order valence-electron chi connectivity index (χ2n) is 8.49. The first kappa shape index (κ1) is 14.8. The summed E-state index contributed by atoms with van der Waals surface area (Å²) in [5, 5.41) is 19.5. The highest BCUT2D eigenvalue weighted by atomic mass is 16.5. The summed E-state index contributed by atoms with van der Waals surface area (Å²) in [5.74, 6) is 0.708. The van der Waals surface area contributed by atoms with Gasteiger partial charge < -0.3 is 14.9 Å². The highest BCUT2D eigenvalue weighted by Gasteiger charge is 2.65. The van der Waals surface area contributed by atoms with Crippen molar-refractivity contribution in [1.29, 1.82) is 0 Å². The first-order chi connectivity index (χ1) is 9.34. The van der Waals surface area contributed by atoms with Crippen LogP contribution in [0.4, 0.5) is 0 Å². The van der Waals surface area contributed by atoms with Gasteiger partial charge in [-0.15, -0.1) is 0 Å². The molecule has 116 valence electrons. The Morgan fingerprint density at radius 3 is 2.60 bits per heavy atom. The van der Waals surface area contributed by atoms with Gasteiger partial charge in [0.05, 0.1) is 25.4 Å². The Hall–Kier alpha value is -0.120. The van der Waals surface area contributed by atoms with Crippen LogP contribution in [0.25, 0.3) is 0 Å². The monoisotopic (exact) mass is 282 g/mol. The van der Waals surface area contributed by atoms with Gasteiger partial charge in [-0.05, 0) is 55.3 Å². The molecule has 3 heteroatoms. The summed E-state index contributed by atoms with van der Waals surface area (Å²) in [5.41, 5.74) is 0.643. The van der Waals surface area contributed by atoms with E-state index in [0.717, 1.165) is 32.1 Å². The fraction of sp³-hybridized carbons (Fsp3) is 1.00. The van der Waals surface area contributed by atoms with Crippen LogP contribution in [0, 0.1) is 22.2 Å². The van der Waals surface area contributed by atoms with E-state index in [1.807, 2.05) is 0 Å². The molecule has 20 heavy (non-hydrogen) atoms. The molecule has 1 spiro atoms. The fourth-order valence-corrected chi connectivity index (χ4v) is 5.94. The van der Waals surface area contributed by atoms with Crippen LogP contribution in [0.2, 0.25) is 0 Å². The summed E-state index contributed by atoms with van der Waals surface area (Å²) in [4.78, 5) is 0. The van der Waals surface area contributed by atoms with Crippen molar-refractivity contribution in [3.05, 3.63) is 0 Å². The first-order valence-electron chi connectivity index (χ1n) is 8.25. The minimum absolute atomic E-state index is 0.0794. The number of fused-ring (bicyclic) bond motifs is 1. The van der Waals surface area contributed by atoms with Crippen LogP contribution in [0.1, 0.15) is 59.3 Å². The topological polar surface area (TPSA) is 49.7 Å². The molecule has 3 aliphatic rings. The lowest BCUT2D eigenvalue weighted by atomic mass is 9.49. The molecule has 0 heterocycles. The Labute approximate surface area is 122 Å². The second-order valence-corrected chi connectivity index (χ2v) is 8.49. The summed E-state index contributed by atoms with van der Waals surface area (Å²) < 4.78 is 6.08. The number of aliphatic hydroxyl groups excluding tert-OH is 2. The van der Waals surface area contributed by atoms with E-state index in [0.29, 0.717) is 17.9 Å². The molecule has 2 bridgehead atoms. The standard InChI is InChI=1S/C17H30O3/c1-15(2)10-14(20-9-8-18)17-7-5-13(19)16(3,11-17)6-4-12(15)17/h12-14,18-19H,4-11H2,1-3H3/t12-,13+,14-,16-,17-/m0/s1. The maximum absolute atomic E-state index is 10.4. The van der Waals surface area contributed by atoms with Crippen LogP contribution in [0.15, 0.2) is 0 Å². The van der Waals surface area contributed by atoms with Gasteiger partial charge in [0.15, 0.2) is 0 Å². The molecule has 0 saturated heterocycles. The summed E-state index contributed by atoms with van der Waals surface area (Å²) >= 11 is 0. The van der Waals surface area contributed by atoms with Crippen molar-refractivity contribution < 1.29 is 14.9 Å². The van der Waals surface area contributed by atoms with Gasteiger partial charge in [-0.25, -0.2) is 0 Å². The molecule has 3 nitrogen and oxygen atoms in total. The number of hydrogen-bond donors (Lipinski definition) is 2. The van der Waals surface area contributed by atoms with E-state index in [2.05, 4.69) is 20.8 Å². The van der Waals surface area contributed by atoms with Gasteiger partial charge in [0.25, 0.3) is 0 Å². The van der Waals surface area contributed by atoms with Crippen LogP contribution in [0.5, 0.6) is 0 Å².